The maximum atomic E-state index is 6.06. The van der Waals surface area contributed by atoms with Gasteiger partial charge in [0.1, 0.15) is 17.8 Å². The van der Waals surface area contributed by atoms with E-state index in [0.717, 1.165) is 22.2 Å². The number of fused-ring (bicyclic) bond motifs is 4. The summed E-state index contributed by atoms with van der Waals surface area (Å²) in [5.74, 6) is 0. The highest BCUT2D eigenvalue weighted by atomic mass is 79.9. The Hall–Kier alpha value is 0.0600. The molecular weight excluding hydrogens is 364 g/mol. The zero-order chi connectivity index (χ0) is 12.5. The molecule has 3 nitrogen and oxygen atoms in total. The summed E-state index contributed by atoms with van der Waals surface area (Å²) < 4.78 is 19.4. The lowest BCUT2D eigenvalue weighted by Crippen LogP contribution is -2.27. The van der Waals surface area contributed by atoms with E-state index >= 15 is 0 Å². The van der Waals surface area contributed by atoms with Crippen LogP contribution in [0.15, 0.2) is 15.0 Å². The van der Waals surface area contributed by atoms with Crippen molar-refractivity contribution in [3.8, 4) is 0 Å². The molecule has 4 heterocycles. The lowest BCUT2D eigenvalue weighted by atomic mass is 9.91. The van der Waals surface area contributed by atoms with Crippen molar-refractivity contribution in [2.45, 2.75) is 24.7 Å². The molecule has 1 aromatic rings. The third-order valence-electron chi connectivity index (χ3n) is 3.95. The molecule has 2 bridgehead atoms. The van der Waals surface area contributed by atoms with Crippen LogP contribution in [0.2, 0.25) is 0 Å². The molecule has 0 saturated carbocycles. The molecule has 3 unspecified atom stereocenters. The van der Waals surface area contributed by atoms with Gasteiger partial charge in [0.05, 0.1) is 19.8 Å². The Morgan fingerprint density at radius 2 is 2.00 bits per heavy atom. The number of benzene rings is 1. The number of hydrogen-bond acceptors (Lipinski definition) is 3. The van der Waals surface area contributed by atoms with Gasteiger partial charge < -0.3 is 14.2 Å². The van der Waals surface area contributed by atoms with Crippen molar-refractivity contribution in [1.29, 1.82) is 0 Å². The minimum absolute atomic E-state index is 0.0213. The van der Waals surface area contributed by atoms with Gasteiger partial charge in [-0.05, 0) is 24.1 Å². The fourth-order valence-electron chi connectivity index (χ4n) is 2.69. The molecule has 18 heavy (non-hydrogen) atoms. The first-order valence-corrected chi connectivity index (χ1v) is 7.57. The summed E-state index contributed by atoms with van der Waals surface area (Å²) in [7, 11) is 0. The summed E-state index contributed by atoms with van der Waals surface area (Å²) in [6.07, 6.45) is 0.218. The summed E-state index contributed by atoms with van der Waals surface area (Å²) in [6, 6.07) is 2.16. The highest BCUT2D eigenvalue weighted by molar-refractivity contribution is 9.11. The molecule has 0 aliphatic carbocycles. The topological polar surface area (TPSA) is 34.3 Å². The van der Waals surface area contributed by atoms with Gasteiger partial charge in [0.2, 0.25) is 0 Å². The fraction of sp³-hybridized carbons (Fsp3) is 0.538. The van der Waals surface area contributed by atoms with Gasteiger partial charge in [0.15, 0.2) is 0 Å². The van der Waals surface area contributed by atoms with E-state index in [-0.39, 0.29) is 17.8 Å². The zero-order valence-electron chi connectivity index (χ0n) is 9.83. The number of ether oxygens (including phenoxy) is 3. The molecule has 1 spiro atoms. The molecule has 96 valence electrons. The number of epoxide rings is 2. The van der Waals surface area contributed by atoms with Gasteiger partial charge in [-0.15, -0.1) is 0 Å². The summed E-state index contributed by atoms with van der Waals surface area (Å²) in [5, 5.41) is 0. The number of hydrogen-bond donors (Lipinski definition) is 0. The van der Waals surface area contributed by atoms with E-state index in [1.165, 1.54) is 16.7 Å². The van der Waals surface area contributed by atoms with Crippen molar-refractivity contribution >= 4 is 31.9 Å². The second-order valence-electron chi connectivity index (χ2n) is 5.15. The Morgan fingerprint density at radius 1 is 1.28 bits per heavy atom. The van der Waals surface area contributed by atoms with Crippen LogP contribution < -0.4 is 0 Å². The van der Waals surface area contributed by atoms with Gasteiger partial charge in [-0.3, -0.25) is 0 Å². The van der Waals surface area contributed by atoms with E-state index < -0.39 is 0 Å². The van der Waals surface area contributed by atoms with Gasteiger partial charge >= 0.3 is 0 Å². The second-order valence-corrected chi connectivity index (χ2v) is 6.80. The Morgan fingerprint density at radius 3 is 2.61 bits per heavy atom. The second kappa shape index (κ2) is 3.79. The van der Waals surface area contributed by atoms with Crippen molar-refractivity contribution < 1.29 is 14.2 Å². The molecule has 5 rings (SSSR count). The van der Waals surface area contributed by atoms with Crippen molar-refractivity contribution in [2.75, 3.05) is 19.8 Å². The smallest absolute Gasteiger partial charge is 0.142 e. The van der Waals surface area contributed by atoms with Gasteiger partial charge in [0.25, 0.3) is 0 Å². The average molecular weight is 376 g/mol. The summed E-state index contributed by atoms with van der Waals surface area (Å²) >= 11 is 7.40. The Labute approximate surface area is 122 Å². The molecule has 4 aliphatic rings. The molecule has 0 radical (unpaired) electrons. The Bertz CT molecular complexity index is 536. The molecule has 4 aliphatic heterocycles. The van der Waals surface area contributed by atoms with E-state index in [1.807, 2.05) is 0 Å². The highest BCUT2D eigenvalue weighted by Crippen LogP contribution is 2.52. The predicted molar refractivity (Wildman–Crippen MR) is 72.6 cm³/mol. The van der Waals surface area contributed by atoms with Crippen LogP contribution in [0.1, 0.15) is 22.8 Å². The third-order valence-corrected chi connectivity index (χ3v) is 5.57. The van der Waals surface area contributed by atoms with E-state index in [1.54, 1.807) is 0 Å². The van der Waals surface area contributed by atoms with Crippen molar-refractivity contribution in [2.24, 2.45) is 0 Å². The van der Waals surface area contributed by atoms with Gasteiger partial charge in [-0.1, -0.05) is 31.9 Å². The van der Waals surface area contributed by atoms with Crippen LogP contribution in [0, 0.1) is 6.92 Å². The van der Waals surface area contributed by atoms with Crippen LogP contribution in [0.25, 0.3) is 0 Å². The van der Waals surface area contributed by atoms with Crippen LogP contribution in [0.5, 0.6) is 0 Å². The van der Waals surface area contributed by atoms with Gasteiger partial charge in [0, 0.05) is 14.5 Å². The fourth-order valence-corrected chi connectivity index (χ4v) is 4.56. The molecule has 5 heteroatoms. The largest absolute Gasteiger partial charge is 0.370 e. The van der Waals surface area contributed by atoms with Gasteiger partial charge in [-0.2, -0.15) is 0 Å². The van der Waals surface area contributed by atoms with Crippen molar-refractivity contribution in [1.82, 2.24) is 0 Å². The first kappa shape index (κ1) is 11.9. The maximum Gasteiger partial charge on any atom is 0.142 e. The third kappa shape index (κ3) is 1.58. The minimum Gasteiger partial charge on any atom is -0.370 e. The van der Waals surface area contributed by atoms with E-state index in [0.29, 0.717) is 6.61 Å². The molecule has 1 aromatic carbocycles. The zero-order valence-corrected chi connectivity index (χ0v) is 13.0. The first-order valence-electron chi connectivity index (χ1n) is 5.98. The molecule has 3 atom stereocenters. The van der Waals surface area contributed by atoms with Crippen molar-refractivity contribution in [3.05, 3.63) is 31.7 Å². The Balaban J connectivity index is 1.95. The normalized spacial score (nSPS) is 36.6. The summed E-state index contributed by atoms with van der Waals surface area (Å²) in [4.78, 5) is 0. The molecule has 2 saturated heterocycles. The molecule has 2 fully saturated rings. The number of rotatable bonds is 1. The van der Waals surface area contributed by atoms with E-state index in [9.17, 15) is 0 Å². The van der Waals surface area contributed by atoms with Gasteiger partial charge in [-0.25, -0.2) is 0 Å². The van der Waals surface area contributed by atoms with E-state index in [4.69, 9.17) is 14.2 Å². The van der Waals surface area contributed by atoms with E-state index in [2.05, 4.69) is 44.8 Å². The SMILES string of the molecule is Cc1c2cc(Br)c(c1Br)C1(COC2C2CO2)CO1. The average Bonchev–Trinajstić information content (AvgIpc) is 3.17. The lowest BCUT2D eigenvalue weighted by Gasteiger charge is -2.28. The van der Waals surface area contributed by atoms with Crippen molar-refractivity contribution in [3.63, 3.8) is 0 Å². The van der Waals surface area contributed by atoms with Crippen LogP contribution in [0.4, 0.5) is 0 Å². The molecule has 0 aromatic heterocycles. The predicted octanol–water partition coefficient (Wildman–Crippen LogP) is 3.22. The molecular formula is C13H12Br2O3. The first-order chi connectivity index (χ1) is 8.62. The van der Waals surface area contributed by atoms with Crippen LogP contribution in [-0.4, -0.2) is 25.9 Å². The monoisotopic (exact) mass is 374 g/mol. The molecule has 0 amide bonds. The van der Waals surface area contributed by atoms with Crippen LogP contribution in [-0.2, 0) is 19.8 Å². The lowest BCUT2D eigenvalue weighted by molar-refractivity contribution is -0.00358. The van der Waals surface area contributed by atoms with Crippen LogP contribution >= 0.6 is 31.9 Å². The Kier molecular flexibility index (Phi) is 2.50. The summed E-state index contributed by atoms with van der Waals surface area (Å²) in [6.45, 7) is 4.23. The quantitative estimate of drug-likeness (QED) is 0.707. The standard InChI is InChI=1S/C13H12Br2O3/c1-6-7-2-8(14)10(11(6)15)13(5-18-13)4-17-12(7)9-3-16-9/h2,9,12H,3-5H2,1H3. The van der Waals surface area contributed by atoms with Crippen LogP contribution in [0.3, 0.4) is 0 Å². The highest BCUT2D eigenvalue weighted by Gasteiger charge is 2.53. The maximum absolute atomic E-state index is 6.06. The molecule has 0 N–H and O–H groups in total. The summed E-state index contributed by atoms with van der Waals surface area (Å²) in [5.41, 5.74) is 3.34. The number of halogens is 2. The minimum atomic E-state index is -0.269.